The van der Waals surface area contributed by atoms with Gasteiger partial charge in [-0.1, -0.05) is 41.4 Å². The zero-order valence-electron chi connectivity index (χ0n) is 7.68. The topological polar surface area (TPSA) is 63.4 Å². The van der Waals surface area contributed by atoms with Gasteiger partial charge in [0.05, 0.1) is 5.69 Å². The van der Waals surface area contributed by atoms with Gasteiger partial charge < -0.3 is 0 Å². The predicted octanol–water partition coefficient (Wildman–Crippen LogP) is 2.40. The van der Waals surface area contributed by atoms with E-state index in [-0.39, 0.29) is 17.6 Å². The van der Waals surface area contributed by atoms with Crippen molar-refractivity contribution in [3.8, 4) is 0 Å². The number of halogens is 3. The van der Waals surface area contributed by atoms with Crippen LogP contribution in [0.1, 0.15) is 0 Å². The quantitative estimate of drug-likeness (QED) is 0.686. The number of benzene rings is 1. The minimum atomic E-state index is -4.16. The Kier molecular flexibility index (Phi) is 4.30. The number of nitrogens with two attached hydrogens (primary N) is 1. The van der Waals surface area contributed by atoms with Crippen molar-refractivity contribution in [1.29, 1.82) is 0 Å². The molecule has 16 heavy (non-hydrogen) atoms. The molecule has 0 saturated carbocycles. The molecule has 4 nitrogen and oxygen atoms in total. The third-order valence-corrected chi connectivity index (χ3v) is 3.90. The van der Waals surface area contributed by atoms with E-state index >= 15 is 0 Å². The van der Waals surface area contributed by atoms with Crippen molar-refractivity contribution in [3.63, 3.8) is 0 Å². The molecule has 1 aromatic carbocycles. The van der Waals surface area contributed by atoms with Gasteiger partial charge in [0.2, 0.25) is 0 Å². The van der Waals surface area contributed by atoms with Crippen molar-refractivity contribution < 1.29 is 12.8 Å². The largest absolute Gasteiger partial charge is 0.324 e. The first-order valence-corrected chi connectivity index (χ1v) is 6.87. The van der Waals surface area contributed by atoms with Gasteiger partial charge in [-0.2, -0.15) is 16.5 Å². The highest BCUT2D eigenvalue weighted by atomic mass is 35.5. The van der Waals surface area contributed by atoms with E-state index in [0.717, 1.165) is 0 Å². The highest BCUT2D eigenvalue weighted by molar-refractivity contribution is 8.15. The number of nitrogens with zero attached hydrogens (tertiary/aromatic N) is 1. The standard InChI is InChI=1S/C7H7Cl2FN2O2S2/c8-7(9,10)15-12(16(11,13)14)6-4-2-1-3-5-6/h1-5H,(H2,11,13,14). The molecule has 0 atom stereocenters. The van der Waals surface area contributed by atoms with Crippen LogP contribution in [0.2, 0.25) is 0 Å². The maximum absolute atomic E-state index is 13.0. The van der Waals surface area contributed by atoms with E-state index in [1.807, 2.05) is 0 Å². The van der Waals surface area contributed by atoms with Crippen LogP contribution < -0.4 is 8.85 Å². The molecular weight excluding hydrogens is 298 g/mol. The van der Waals surface area contributed by atoms with E-state index in [0.29, 0.717) is 3.71 Å². The molecule has 0 spiro atoms. The van der Waals surface area contributed by atoms with E-state index in [4.69, 9.17) is 28.3 Å². The summed E-state index contributed by atoms with van der Waals surface area (Å²) >= 11 is 10.2. The molecular formula is C7H7Cl2FN2O2S2. The monoisotopic (exact) mass is 304 g/mol. The zero-order chi connectivity index (χ0) is 12.4. The van der Waals surface area contributed by atoms with E-state index < -0.39 is 14.1 Å². The van der Waals surface area contributed by atoms with Gasteiger partial charge in [0.1, 0.15) is 0 Å². The minimum Gasteiger partial charge on any atom is -0.210 e. The Labute approximate surface area is 107 Å². The fraction of sp³-hybridized carbons (Fsp3) is 0.143. The second-order valence-corrected chi connectivity index (χ2v) is 7.06. The molecule has 0 saturated heterocycles. The molecule has 0 fully saturated rings. The average Bonchev–Trinajstić information content (AvgIpc) is 2.13. The number of anilines is 1. The maximum Gasteiger partial charge on any atom is 0.324 e. The summed E-state index contributed by atoms with van der Waals surface area (Å²) in [5.41, 5.74) is 0.151. The molecule has 0 aromatic heterocycles. The Bertz CT molecular complexity index is 449. The third kappa shape index (κ3) is 4.34. The maximum atomic E-state index is 13.0. The first-order valence-electron chi connectivity index (χ1n) is 3.84. The Morgan fingerprint density at radius 2 is 1.81 bits per heavy atom. The first-order chi connectivity index (χ1) is 7.20. The number of rotatable bonds is 4. The van der Waals surface area contributed by atoms with Gasteiger partial charge in [0, 0.05) is 11.9 Å². The predicted molar refractivity (Wildman–Crippen MR) is 65.2 cm³/mol. The second kappa shape index (κ2) is 4.97. The van der Waals surface area contributed by atoms with Crippen molar-refractivity contribution in [2.75, 3.05) is 3.71 Å². The Balaban J connectivity index is 3.09. The number of hydrogen-bond acceptors (Lipinski definition) is 3. The number of hydrogen-bond donors (Lipinski definition) is 1. The zero-order valence-corrected chi connectivity index (χ0v) is 10.8. The van der Waals surface area contributed by atoms with Gasteiger partial charge in [0.15, 0.2) is 0 Å². The van der Waals surface area contributed by atoms with E-state index in [9.17, 15) is 12.8 Å². The van der Waals surface area contributed by atoms with Crippen molar-refractivity contribution in [2.24, 2.45) is 5.14 Å². The number of alkyl halides is 3. The molecule has 0 heterocycles. The second-order valence-electron chi connectivity index (χ2n) is 2.64. The lowest BCUT2D eigenvalue weighted by Gasteiger charge is -2.22. The molecule has 1 aromatic rings. The number of para-hydroxylation sites is 1. The molecule has 0 bridgehead atoms. The van der Waals surface area contributed by atoms with Gasteiger partial charge in [-0.3, -0.25) is 0 Å². The molecule has 0 unspecified atom stereocenters. The van der Waals surface area contributed by atoms with Crippen molar-refractivity contribution in [1.82, 2.24) is 0 Å². The van der Waals surface area contributed by atoms with Crippen LogP contribution in [-0.4, -0.2) is 12.3 Å². The SMILES string of the molecule is NS(=O)(=O)N(SC(F)(Cl)Cl)c1ccccc1. The molecule has 0 aliphatic heterocycles. The van der Waals surface area contributed by atoms with Crippen molar-refractivity contribution in [2.45, 2.75) is 3.92 Å². The summed E-state index contributed by atoms with van der Waals surface area (Å²) in [5.74, 6) is 0. The molecule has 0 aliphatic carbocycles. The smallest absolute Gasteiger partial charge is 0.210 e. The Morgan fingerprint density at radius 3 is 2.19 bits per heavy atom. The highest BCUT2D eigenvalue weighted by Gasteiger charge is 2.33. The lowest BCUT2D eigenvalue weighted by Crippen LogP contribution is -2.33. The fourth-order valence-corrected chi connectivity index (χ4v) is 3.11. The fourth-order valence-electron chi connectivity index (χ4n) is 0.895. The minimum absolute atomic E-state index is 0.0465. The Hall–Kier alpha value is -0.210. The summed E-state index contributed by atoms with van der Waals surface area (Å²) in [4.78, 5) is 0. The van der Waals surface area contributed by atoms with Gasteiger partial charge in [-0.25, -0.2) is 5.14 Å². The third-order valence-electron chi connectivity index (χ3n) is 1.38. The van der Waals surface area contributed by atoms with E-state index in [2.05, 4.69) is 0 Å². The molecule has 0 amide bonds. The van der Waals surface area contributed by atoms with Crippen LogP contribution >= 0.6 is 35.1 Å². The molecule has 2 N–H and O–H groups in total. The lowest BCUT2D eigenvalue weighted by atomic mass is 10.3. The van der Waals surface area contributed by atoms with Crippen LogP contribution in [0.15, 0.2) is 30.3 Å². The van der Waals surface area contributed by atoms with Gasteiger partial charge in [0.25, 0.3) is 0 Å². The van der Waals surface area contributed by atoms with Crippen LogP contribution in [-0.2, 0) is 10.2 Å². The lowest BCUT2D eigenvalue weighted by molar-refractivity contribution is 0.515. The summed E-state index contributed by atoms with van der Waals surface area (Å²) < 4.78 is 33.1. The van der Waals surface area contributed by atoms with Crippen LogP contribution in [0.5, 0.6) is 0 Å². The summed E-state index contributed by atoms with van der Waals surface area (Å²) in [6, 6.07) is 7.65. The van der Waals surface area contributed by atoms with Gasteiger partial charge >= 0.3 is 14.1 Å². The average molecular weight is 305 g/mol. The summed E-state index contributed by atoms with van der Waals surface area (Å²) in [7, 11) is -4.16. The molecule has 1 rings (SSSR count). The van der Waals surface area contributed by atoms with Crippen LogP contribution in [0, 0.1) is 0 Å². The summed E-state index contributed by atoms with van der Waals surface area (Å²) in [6.07, 6.45) is 0. The van der Waals surface area contributed by atoms with E-state index in [1.165, 1.54) is 12.1 Å². The van der Waals surface area contributed by atoms with Gasteiger partial charge in [-0.15, -0.1) is 0 Å². The normalized spacial score (nSPS) is 12.5. The van der Waals surface area contributed by atoms with Crippen LogP contribution in [0.4, 0.5) is 10.1 Å². The van der Waals surface area contributed by atoms with Gasteiger partial charge in [-0.05, 0) is 12.1 Å². The van der Waals surface area contributed by atoms with Crippen LogP contribution in [0.25, 0.3) is 0 Å². The van der Waals surface area contributed by atoms with Crippen molar-refractivity contribution in [3.05, 3.63) is 30.3 Å². The molecule has 9 heteroatoms. The first kappa shape index (κ1) is 13.9. The molecule has 0 aliphatic rings. The summed E-state index contributed by atoms with van der Waals surface area (Å²) in [5, 5.41) is 4.91. The van der Waals surface area contributed by atoms with Crippen LogP contribution in [0.3, 0.4) is 0 Å². The highest BCUT2D eigenvalue weighted by Crippen LogP contribution is 2.41. The summed E-state index contributed by atoms with van der Waals surface area (Å²) in [6.45, 7) is 0. The molecule has 0 radical (unpaired) electrons. The van der Waals surface area contributed by atoms with E-state index in [1.54, 1.807) is 18.2 Å². The Morgan fingerprint density at radius 1 is 1.31 bits per heavy atom. The molecule has 90 valence electrons. The van der Waals surface area contributed by atoms with Crippen molar-refractivity contribution >= 4 is 51.0 Å².